The summed E-state index contributed by atoms with van der Waals surface area (Å²) in [6.07, 6.45) is 2.65. The number of hydrogen-bond donors (Lipinski definition) is 1. The summed E-state index contributed by atoms with van der Waals surface area (Å²) in [6, 6.07) is 6.90. The number of benzene rings is 1. The molecule has 2 aromatic rings. The molecule has 3 aliphatic rings. The zero-order valence-electron chi connectivity index (χ0n) is 14.3. The average Bonchev–Trinajstić information content (AvgIpc) is 3.05. The number of ether oxygens (including phenoxy) is 3. The van der Waals surface area contributed by atoms with Gasteiger partial charge in [-0.15, -0.1) is 0 Å². The van der Waals surface area contributed by atoms with E-state index in [0.717, 1.165) is 18.4 Å². The standard InChI is InChI=1S/C19H17ClFN3O3/c20-13-8-15-12(7-11(13)10-3-1-5-23-17(10)21)19(9-26-18(22)24-19)16-14(27-15)4-2-6-25-16/h1,3,5,7-8,14,16H,2,4,6,9H2,(H2,22,24)/t14-,16-,19?/m0/s1. The van der Waals surface area contributed by atoms with Crippen LogP contribution in [0.4, 0.5) is 4.39 Å². The maximum Gasteiger partial charge on any atom is 0.283 e. The molecule has 4 heterocycles. The van der Waals surface area contributed by atoms with Gasteiger partial charge < -0.3 is 19.9 Å². The van der Waals surface area contributed by atoms with Gasteiger partial charge in [0.25, 0.3) is 6.02 Å². The Bertz CT molecular complexity index is 954. The predicted octanol–water partition coefficient (Wildman–Crippen LogP) is 3.02. The van der Waals surface area contributed by atoms with Crippen LogP contribution in [-0.2, 0) is 15.0 Å². The third-order valence-corrected chi connectivity index (χ3v) is 5.66. The maximum atomic E-state index is 14.3. The number of nitrogens with two attached hydrogens (primary N) is 1. The molecule has 1 spiro atoms. The van der Waals surface area contributed by atoms with Gasteiger partial charge in [-0.2, -0.15) is 4.39 Å². The summed E-state index contributed by atoms with van der Waals surface area (Å²) in [5, 5.41) is 0.377. The molecular weight excluding hydrogens is 373 g/mol. The number of aromatic nitrogens is 1. The zero-order valence-corrected chi connectivity index (χ0v) is 15.1. The van der Waals surface area contributed by atoms with Crippen molar-refractivity contribution in [2.24, 2.45) is 10.7 Å². The molecule has 0 amide bonds. The smallest absolute Gasteiger partial charge is 0.283 e. The summed E-state index contributed by atoms with van der Waals surface area (Å²) >= 11 is 6.47. The minimum Gasteiger partial charge on any atom is -0.487 e. The average molecular weight is 390 g/mol. The molecule has 1 unspecified atom stereocenters. The van der Waals surface area contributed by atoms with Crippen LogP contribution < -0.4 is 10.5 Å². The fourth-order valence-corrected chi connectivity index (χ4v) is 4.40. The van der Waals surface area contributed by atoms with Gasteiger partial charge in [0.2, 0.25) is 5.95 Å². The van der Waals surface area contributed by atoms with Crippen LogP contribution in [0.5, 0.6) is 5.75 Å². The highest BCUT2D eigenvalue weighted by Crippen LogP contribution is 2.50. The van der Waals surface area contributed by atoms with Crippen molar-refractivity contribution in [2.75, 3.05) is 13.2 Å². The fourth-order valence-electron chi connectivity index (χ4n) is 4.15. The number of nitrogens with zero attached hydrogens (tertiary/aromatic N) is 2. The van der Waals surface area contributed by atoms with E-state index in [2.05, 4.69) is 9.98 Å². The number of halogens is 2. The van der Waals surface area contributed by atoms with Crippen LogP contribution in [0.1, 0.15) is 18.4 Å². The van der Waals surface area contributed by atoms with Gasteiger partial charge in [-0.1, -0.05) is 11.6 Å². The second-order valence-corrected chi connectivity index (χ2v) is 7.33. The third-order valence-electron chi connectivity index (χ3n) is 5.35. The van der Waals surface area contributed by atoms with E-state index in [9.17, 15) is 4.39 Å². The third kappa shape index (κ3) is 2.49. The molecule has 8 heteroatoms. The van der Waals surface area contributed by atoms with Gasteiger partial charge in [0.05, 0.1) is 5.02 Å². The van der Waals surface area contributed by atoms with E-state index < -0.39 is 11.5 Å². The Morgan fingerprint density at radius 3 is 2.96 bits per heavy atom. The SMILES string of the molecule is NC1=NC2(CO1)c1cc(-c3cccnc3F)c(Cl)cc1O[C@H]1CCCO[C@@H]12. The van der Waals surface area contributed by atoms with Crippen molar-refractivity contribution < 1.29 is 18.6 Å². The van der Waals surface area contributed by atoms with Gasteiger partial charge in [-0.25, -0.2) is 9.98 Å². The van der Waals surface area contributed by atoms with Crippen molar-refractivity contribution in [3.63, 3.8) is 0 Å². The van der Waals surface area contributed by atoms with Crippen LogP contribution in [0.3, 0.4) is 0 Å². The lowest BCUT2D eigenvalue weighted by Crippen LogP contribution is -2.55. The number of aliphatic imine (C=N–C) groups is 1. The molecule has 0 radical (unpaired) electrons. The predicted molar refractivity (Wildman–Crippen MR) is 97.3 cm³/mol. The highest BCUT2D eigenvalue weighted by atomic mass is 35.5. The number of pyridine rings is 1. The van der Waals surface area contributed by atoms with Crippen molar-refractivity contribution >= 4 is 17.6 Å². The van der Waals surface area contributed by atoms with E-state index in [4.69, 9.17) is 31.5 Å². The van der Waals surface area contributed by atoms with E-state index in [-0.39, 0.29) is 24.8 Å². The lowest BCUT2D eigenvalue weighted by atomic mass is 9.77. The monoisotopic (exact) mass is 389 g/mol. The quantitative estimate of drug-likeness (QED) is 0.758. The molecule has 1 aromatic carbocycles. The first-order chi connectivity index (χ1) is 13.1. The summed E-state index contributed by atoms with van der Waals surface area (Å²) < 4.78 is 32.0. The van der Waals surface area contributed by atoms with Crippen LogP contribution in [0.25, 0.3) is 11.1 Å². The first kappa shape index (κ1) is 16.8. The van der Waals surface area contributed by atoms with E-state index in [0.29, 0.717) is 28.5 Å². The summed E-state index contributed by atoms with van der Waals surface area (Å²) in [6.45, 7) is 0.863. The summed E-state index contributed by atoms with van der Waals surface area (Å²) in [4.78, 5) is 8.33. The molecule has 0 aliphatic carbocycles. The maximum absolute atomic E-state index is 14.3. The van der Waals surface area contributed by atoms with Gasteiger partial charge in [-0.3, -0.25) is 0 Å². The van der Waals surface area contributed by atoms with Crippen molar-refractivity contribution in [3.8, 4) is 16.9 Å². The molecule has 2 N–H and O–H groups in total. The molecule has 140 valence electrons. The van der Waals surface area contributed by atoms with Crippen molar-refractivity contribution in [3.05, 3.63) is 47.0 Å². The molecule has 1 aromatic heterocycles. The molecule has 1 fully saturated rings. The van der Waals surface area contributed by atoms with E-state index in [1.165, 1.54) is 6.20 Å². The summed E-state index contributed by atoms with van der Waals surface area (Å²) in [7, 11) is 0. The Kier molecular flexibility index (Phi) is 3.77. The van der Waals surface area contributed by atoms with E-state index in [1.54, 1.807) is 24.3 Å². The topological polar surface area (TPSA) is 79.0 Å². The molecule has 27 heavy (non-hydrogen) atoms. The second-order valence-electron chi connectivity index (χ2n) is 6.92. The Morgan fingerprint density at radius 1 is 1.30 bits per heavy atom. The van der Waals surface area contributed by atoms with Gasteiger partial charge in [0.15, 0.2) is 5.54 Å². The number of hydrogen-bond acceptors (Lipinski definition) is 6. The Labute approximate surface area is 160 Å². The largest absolute Gasteiger partial charge is 0.487 e. The zero-order chi connectivity index (χ0) is 18.6. The number of amidine groups is 1. The first-order valence-corrected chi connectivity index (χ1v) is 9.17. The molecule has 0 saturated carbocycles. The highest BCUT2D eigenvalue weighted by molar-refractivity contribution is 6.33. The molecule has 0 bridgehead atoms. The van der Waals surface area contributed by atoms with Gasteiger partial charge in [0, 0.05) is 29.5 Å². The molecular formula is C19H17ClFN3O3. The molecule has 3 aliphatic heterocycles. The van der Waals surface area contributed by atoms with Crippen molar-refractivity contribution in [1.82, 2.24) is 4.98 Å². The minimum atomic E-state index is -0.833. The Balaban J connectivity index is 1.73. The molecule has 6 nitrogen and oxygen atoms in total. The van der Waals surface area contributed by atoms with Crippen LogP contribution in [-0.4, -0.2) is 36.4 Å². The van der Waals surface area contributed by atoms with Crippen LogP contribution >= 0.6 is 11.6 Å². The van der Waals surface area contributed by atoms with E-state index >= 15 is 0 Å². The Hall–Kier alpha value is -2.38. The van der Waals surface area contributed by atoms with Crippen LogP contribution in [0, 0.1) is 5.95 Å². The van der Waals surface area contributed by atoms with Crippen LogP contribution in [0.2, 0.25) is 5.02 Å². The second kappa shape index (κ2) is 6.07. The van der Waals surface area contributed by atoms with E-state index in [1.807, 2.05) is 0 Å². The minimum absolute atomic E-state index is 0.111. The first-order valence-electron chi connectivity index (χ1n) is 8.80. The van der Waals surface area contributed by atoms with Crippen LogP contribution in [0.15, 0.2) is 35.5 Å². The molecule has 1 saturated heterocycles. The van der Waals surface area contributed by atoms with Gasteiger partial charge >= 0.3 is 0 Å². The lowest BCUT2D eigenvalue weighted by molar-refractivity contribution is -0.117. The van der Waals surface area contributed by atoms with Crippen molar-refractivity contribution in [2.45, 2.75) is 30.6 Å². The van der Waals surface area contributed by atoms with Crippen molar-refractivity contribution in [1.29, 1.82) is 0 Å². The summed E-state index contributed by atoms with van der Waals surface area (Å²) in [5.41, 5.74) is 6.58. The fraction of sp³-hybridized carbons (Fsp3) is 0.368. The number of rotatable bonds is 1. The summed E-state index contributed by atoms with van der Waals surface area (Å²) in [5.74, 6) is 0.00413. The Morgan fingerprint density at radius 2 is 2.19 bits per heavy atom. The highest BCUT2D eigenvalue weighted by Gasteiger charge is 2.56. The van der Waals surface area contributed by atoms with Gasteiger partial charge in [-0.05, 0) is 37.1 Å². The molecule has 3 atom stereocenters. The lowest BCUT2D eigenvalue weighted by Gasteiger charge is -2.45. The van der Waals surface area contributed by atoms with Gasteiger partial charge in [0.1, 0.15) is 24.6 Å². The number of fused-ring (bicyclic) bond motifs is 4. The molecule has 5 rings (SSSR count). The normalized spacial score (nSPS) is 28.7.